The molecule has 0 atom stereocenters. The summed E-state index contributed by atoms with van der Waals surface area (Å²) in [5.41, 5.74) is 1.56. The molecule has 1 aliphatic rings. The topological polar surface area (TPSA) is 64.0 Å². The van der Waals surface area contributed by atoms with Crippen molar-refractivity contribution in [2.75, 3.05) is 11.1 Å². The smallest absolute Gasteiger partial charge is 0.277 e. The van der Waals surface area contributed by atoms with Crippen LogP contribution in [0.2, 0.25) is 0 Å². The molecule has 1 amide bonds. The van der Waals surface area contributed by atoms with E-state index in [4.69, 9.17) is 0 Å². The fourth-order valence-electron chi connectivity index (χ4n) is 2.08. The van der Waals surface area contributed by atoms with Gasteiger partial charge in [0.15, 0.2) is 5.16 Å². The van der Waals surface area contributed by atoms with Crippen LogP contribution < -0.4 is 10.9 Å². The van der Waals surface area contributed by atoms with Gasteiger partial charge in [0, 0.05) is 17.9 Å². The molecule has 1 N–H and O–H groups in total. The summed E-state index contributed by atoms with van der Waals surface area (Å²) in [7, 11) is 0. The number of carbonyl (C=O) groups is 1. The summed E-state index contributed by atoms with van der Waals surface area (Å²) in [5.74, 6) is 0.552. The molecule has 2 aromatic rings. The quantitative estimate of drug-likeness (QED) is 0.857. The second kappa shape index (κ2) is 5.13. The Balaban J connectivity index is 1.89. The molecule has 2 heterocycles. The van der Waals surface area contributed by atoms with E-state index in [2.05, 4.69) is 10.3 Å². The monoisotopic (exact) mass is 287 g/mol. The van der Waals surface area contributed by atoms with E-state index >= 15 is 0 Å². The fourth-order valence-corrected chi connectivity index (χ4v) is 3.00. The molecule has 5 nitrogen and oxygen atoms in total. The van der Waals surface area contributed by atoms with Crippen molar-refractivity contribution in [3.63, 3.8) is 0 Å². The van der Waals surface area contributed by atoms with Crippen molar-refractivity contribution < 1.29 is 4.79 Å². The molecule has 102 valence electrons. The van der Waals surface area contributed by atoms with E-state index in [1.807, 2.05) is 19.1 Å². The Morgan fingerprint density at radius 3 is 3.10 bits per heavy atom. The van der Waals surface area contributed by atoms with Crippen LogP contribution in [0.4, 0.5) is 5.69 Å². The summed E-state index contributed by atoms with van der Waals surface area (Å²) < 4.78 is 1.59. The lowest BCUT2D eigenvalue weighted by Gasteiger charge is -2.07. The Labute approximate surface area is 120 Å². The molecule has 20 heavy (non-hydrogen) atoms. The van der Waals surface area contributed by atoms with E-state index in [0.29, 0.717) is 17.3 Å². The van der Waals surface area contributed by atoms with Gasteiger partial charge in [0.25, 0.3) is 11.5 Å². The Morgan fingerprint density at radius 1 is 1.45 bits per heavy atom. The van der Waals surface area contributed by atoms with Gasteiger partial charge in [-0.15, -0.1) is 0 Å². The van der Waals surface area contributed by atoms with Gasteiger partial charge in [-0.2, -0.15) is 0 Å². The van der Waals surface area contributed by atoms with Crippen molar-refractivity contribution in [3.8, 4) is 0 Å². The molecule has 0 spiro atoms. The van der Waals surface area contributed by atoms with Crippen LogP contribution in [0.1, 0.15) is 15.9 Å². The molecule has 0 fully saturated rings. The summed E-state index contributed by atoms with van der Waals surface area (Å²) >= 11 is 1.55. The third-order valence-corrected chi connectivity index (χ3v) is 4.06. The third-order valence-electron chi connectivity index (χ3n) is 3.09. The maximum atomic E-state index is 12.2. The van der Waals surface area contributed by atoms with Crippen molar-refractivity contribution in [2.45, 2.75) is 18.6 Å². The van der Waals surface area contributed by atoms with Crippen molar-refractivity contribution in [3.05, 3.63) is 51.9 Å². The Hall–Kier alpha value is -2.08. The molecule has 1 aliphatic heterocycles. The Bertz CT molecular complexity index is 739. The highest BCUT2D eigenvalue weighted by molar-refractivity contribution is 7.99. The van der Waals surface area contributed by atoms with E-state index in [-0.39, 0.29) is 17.2 Å². The van der Waals surface area contributed by atoms with Crippen LogP contribution in [0.5, 0.6) is 0 Å². The molecule has 0 unspecified atom stereocenters. The standard InChI is InChI=1S/C14H13N3O2S/c1-9-3-2-4-10(7-9)12(18)16-11-8-15-14-17(13(11)19)5-6-20-14/h2-4,7-8H,5-6H2,1H3,(H,16,18). The highest BCUT2D eigenvalue weighted by Crippen LogP contribution is 2.21. The number of aromatic nitrogens is 2. The average molecular weight is 287 g/mol. The predicted octanol–water partition coefficient (Wildman–Crippen LogP) is 1.91. The second-order valence-electron chi connectivity index (χ2n) is 4.58. The van der Waals surface area contributed by atoms with E-state index in [1.54, 1.807) is 28.5 Å². The number of nitrogens with one attached hydrogen (secondary N) is 1. The number of anilines is 1. The number of benzene rings is 1. The zero-order valence-corrected chi connectivity index (χ0v) is 11.7. The molecule has 0 saturated carbocycles. The van der Waals surface area contributed by atoms with Crippen molar-refractivity contribution in [1.82, 2.24) is 9.55 Å². The molecular formula is C14H13N3O2S. The van der Waals surface area contributed by atoms with Crippen LogP contribution in [0.15, 0.2) is 40.4 Å². The molecule has 1 aromatic heterocycles. The van der Waals surface area contributed by atoms with Gasteiger partial charge in [-0.05, 0) is 19.1 Å². The lowest BCUT2D eigenvalue weighted by atomic mass is 10.1. The van der Waals surface area contributed by atoms with Gasteiger partial charge in [0.2, 0.25) is 0 Å². The van der Waals surface area contributed by atoms with Crippen LogP contribution >= 0.6 is 11.8 Å². The molecule has 1 aromatic carbocycles. The van der Waals surface area contributed by atoms with E-state index in [9.17, 15) is 9.59 Å². The number of hydrogen-bond acceptors (Lipinski definition) is 4. The third kappa shape index (κ3) is 2.34. The average Bonchev–Trinajstić information content (AvgIpc) is 2.91. The van der Waals surface area contributed by atoms with Gasteiger partial charge in [0.1, 0.15) is 5.69 Å². The maximum Gasteiger partial charge on any atom is 0.277 e. The second-order valence-corrected chi connectivity index (χ2v) is 5.65. The van der Waals surface area contributed by atoms with Gasteiger partial charge < -0.3 is 5.32 Å². The zero-order chi connectivity index (χ0) is 14.1. The van der Waals surface area contributed by atoms with Crippen molar-refractivity contribution >= 4 is 23.4 Å². The molecule has 0 radical (unpaired) electrons. The first-order chi connectivity index (χ1) is 9.65. The SMILES string of the molecule is Cc1cccc(C(=O)Nc2cnc3n(c2=O)CCS3)c1. The van der Waals surface area contributed by atoms with Crippen molar-refractivity contribution in [1.29, 1.82) is 0 Å². The Kier molecular flexibility index (Phi) is 3.31. The first-order valence-electron chi connectivity index (χ1n) is 6.26. The minimum atomic E-state index is -0.293. The molecule has 0 aliphatic carbocycles. The molecule has 6 heteroatoms. The molecule has 0 saturated heterocycles. The molecular weight excluding hydrogens is 274 g/mol. The Morgan fingerprint density at radius 2 is 2.30 bits per heavy atom. The van der Waals surface area contributed by atoms with Gasteiger partial charge in [-0.25, -0.2) is 4.98 Å². The van der Waals surface area contributed by atoms with Crippen LogP contribution in [0.25, 0.3) is 0 Å². The van der Waals surface area contributed by atoms with E-state index < -0.39 is 0 Å². The number of aryl methyl sites for hydroxylation is 1. The summed E-state index contributed by atoms with van der Waals surface area (Å²) in [4.78, 5) is 28.5. The van der Waals surface area contributed by atoms with E-state index in [1.165, 1.54) is 6.20 Å². The number of hydrogen-bond donors (Lipinski definition) is 1. The van der Waals surface area contributed by atoms with Gasteiger partial charge in [0.05, 0.1) is 6.20 Å². The number of amides is 1. The molecule has 3 rings (SSSR count). The zero-order valence-electron chi connectivity index (χ0n) is 10.9. The van der Waals surface area contributed by atoms with Crippen LogP contribution in [0.3, 0.4) is 0 Å². The van der Waals surface area contributed by atoms with Crippen LogP contribution in [-0.4, -0.2) is 21.2 Å². The normalized spacial score (nSPS) is 13.1. The fraction of sp³-hybridized carbons (Fsp3) is 0.214. The highest BCUT2D eigenvalue weighted by atomic mass is 32.2. The molecule has 0 bridgehead atoms. The number of carbonyl (C=O) groups excluding carboxylic acids is 1. The van der Waals surface area contributed by atoms with Gasteiger partial charge in [-0.3, -0.25) is 14.2 Å². The minimum absolute atomic E-state index is 0.194. The lowest BCUT2D eigenvalue weighted by Crippen LogP contribution is -2.26. The number of fused-ring (bicyclic) bond motifs is 1. The first kappa shape index (κ1) is 12.9. The van der Waals surface area contributed by atoms with Gasteiger partial charge >= 0.3 is 0 Å². The summed E-state index contributed by atoms with van der Waals surface area (Å²) in [5, 5.41) is 3.35. The number of rotatable bonds is 2. The summed E-state index contributed by atoms with van der Waals surface area (Å²) in [6.45, 7) is 2.56. The minimum Gasteiger partial charge on any atom is -0.316 e. The summed E-state index contributed by atoms with van der Waals surface area (Å²) in [6.07, 6.45) is 1.43. The maximum absolute atomic E-state index is 12.2. The predicted molar refractivity (Wildman–Crippen MR) is 78.4 cm³/mol. The number of thioether (sulfide) groups is 1. The van der Waals surface area contributed by atoms with E-state index in [0.717, 1.165) is 11.3 Å². The lowest BCUT2D eigenvalue weighted by molar-refractivity contribution is 0.102. The summed E-state index contributed by atoms with van der Waals surface area (Å²) in [6, 6.07) is 7.23. The number of nitrogens with zero attached hydrogens (tertiary/aromatic N) is 2. The van der Waals surface area contributed by atoms with Crippen LogP contribution in [0, 0.1) is 6.92 Å². The highest BCUT2D eigenvalue weighted by Gasteiger charge is 2.17. The first-order valence-corrected chi connectivity index (χ1v) is 7.24. The van der Waals surface area contributed by atoms with Gasteiger partial charge in [-0.1, -0.05) is 29.5 Å². The van der Waals surface area contributed by atoms with Crippen LogP contribution in [-0.2, 0) is 6.54 Å². The van der Waals surface area contributed by atoms with Crippen molar-refractivity contribution in [2.24, 2.45) is 0 Å². The largest absolute Gasteiger partial charge is 0.316 e.